The van der Waals surface area contributed by atoms with Crippen molar-refractivity contribution in [3.8, 4) is 0 Å². The van der Waals surface area contributed by atoms with Gasteiger partial charge in [-0.2, -0.15) is 0 Å². The summed E-state index contributed by atoms with van der Waals surface area (Å²) in [6, 6.07) is -0.285. The van der Waals surface area contributed by atoms with E-state index < -0.39 is 0 Å². The van der Waals surface area contributed by atoms with Crippen molar-refractivity contribution < 1.29 is 9.59 Å². The van der Waals surface area contributed by atoms with Crippen LogP contribution in [0.25, 0.3) is 0 Å². The first-order valence-corrected chi connectivity index (χ1v) is 9.07. The van der Waals surface area contributed by atoms with Crippen LogP contribution in [0.5, 0.6) is 0 Å². The lowest BCUT2D eigenvalue weighted by atomic mass is 9.84. The zero-order chi connectivity index (χ0) is 16.8. The van der Waals surface area contributed by atoms with E-state index in [0.717, 1.165) is 36.4 Å². The Morgan fingerprint density at radius 1 is 1.39 bits per heavy atom. The minimum absolute atomic E-state index is 0.0154. The minimum Gasteiger partial charge on any atom is -0.359 e. The SMILES string of the molecule is CNC(=O)[C@@H]1CCCC[C@@H]1NC(=O)NC[C@@H](C)c1nc(C)cs1. The summed E-state index contributed by atoms with van der Waals surface area (Å²) in [5.74, 6) is 0.0701. The van der Waals surface area contributed by atoms with Crippen LogP contribution >= 0.6 is 11.3 Å². The second-order valence-electron chi connectivity index (χ2n) is 6.19. The smallest absolute Gasteiger partial charge is 0.315 e. The number of aryl methyl sites for hydroxylation is 1. The van der Waals surface area contributed by atoms with E-state index in [1.807, 2.05) is 19.2 Å². The predicted molar refractivity (Wildman–Crippen MR) is 91.6 cm³/mol. The molecule has 6 nitrogen and oxygen atoms in total. The topological polar surface area (TPSA) is 83.1 Å². The molecule has 0 saturated heterocycles. The highest BCUT2D eigenvalue weighted by atomic mass is 32.1. The van der Waals surface area contributed by atoms with Crippen LogP contribution in [0.4, 0.5) is 4.79 Å². The molecule has 3 amide bonds. The number of nitrogens with zero attached hydrogens (tertiary/aromatic N) is 1. The van der Waals surface area contributed by atoms with Crippen molar-refractivity contribution >= 4 is 23.3 Å². The lowest BCUT2D eigenvalue weighted by Crippen LogP contribution is -2.51. The van der Waals surface area contributed by atoms with Crippen molar-refractivity contribution in [3.63, 3.8) is 0 Å². The van der Waals surface area contributed by atoms with Crippen LogP contribution in [0, 0.1) is 12.8 Å². The Balaban J connectivity index is 1.82. The molecule has 7 heteroatoms. The molecule has 128 valence electrons. The third kappa shape index (κ3) is 4.92. The molecule has 1 heterocycles. The van der Waals surface area contributed by atoms with Gasteiger partial charge in [0, 0.05) is 36.6 Å². The summed E-state index contributed by atoms with van der Waals surface area (Å²) in [6.07, 6.45) is 3.78. The number of nitrogens with one attached hydrogen (secondary N) is 3. The number of carbonyl (C=O) groups is 2. The molecular weight excluding hydrogens is 312 g/mol. The molecule has 2 rings (SSSR count). The normalized spacial score (nSPS) is 22.2. The molecule has 1 aliphatic rings. The van der Waals surface area contributed by atoms with Crippen molar-refractivity contribution in [2.45, 2.75) is 51.5 Å². The molecule has 1 aliphatic carbocycles. The first-order valence-electron chi connectivity index (χ1n) is 8.19. The standard InChI is InChI=1S/C16H26N4O2S/c1-10(15-19-11(2)9-23-15)8-18-16(22)20-13-7-5-4-6-12(13)14(21)17-3/h9-10,12-13H,4-8H2,1-3H3,(H,17,21)(H2,18,20,22)/t10-,12-,13+/m1/s1. The van der Waals surface area contributed by atoms with Gasteiger partial charge in [-0.3, -0.25) is 4.79 Å². The zero-order valence-electron chi connectivity index (χ0n) is 14.0. The molecule has 0 spiro atoms. The number of hydrogen-bond acceptors (Lipinski definition) is 4. The van der Waals surface area contributed by atoms with Gasteiger partial charge in [0.2, 0.25) is 5.91 Å². The van der Waals surface area contributed by atoms with Gasteiger partial charge in [0.1, 0.15) is 0 Å². The maximum Gasteiger partial charge on any atom is 0.315 e. The summed E-state index contributed by atoms with van der Waals surface area (Å²) in [5, 5.41) is 11.6. The van der Waals surface area contributed by atoms with E-state index in [1.165, 1.54) is 0 Å². The van der Waals surface area contributed by atoms with Gasteiger partial charge in [0.25, 0.3) is 0 Å². The van der Waals surface area contributed by atoms with E-state index >= 15 is 0 Å². The molecule has 1 saturated carbocycles. The van der Waals surface area contributed by atoms with E-state index in [-0.39, 0.29) is 29.8 Å². The molecule has 1 fully saturated rings. The minimum atomic E-state index is -0.203. The highest BCUT2D eigenvalue weighted by Gasteiger charge is 2.31. The monoisotopic (exact) mass is 338 g/mol. The van der Waals surface area contributed by atoms with Gasteiger partial charge in [0.15, 0.2) is 0 Å². The first-order chi connectivity index (χ1) is 11.0. The molecule has 1 aromatic heterocycles. The average molecular weight is 338 g/mol. The van der Waals surface area contributed by atoms with Crippen molar-refractivity contribution in [2.24, 2.45) is 5.92 Å². The largest absolute Gasteiger partial charge is 0.359 e. The molecule has 0 radical (unpaired) electrons. The fourth-order valence-electron chi connectivity index (χ4n) is 2.95. The molecule has 1 aromatic rings. The van der Waals surface area contributed by atoms with E-state index in [2.05, 4.69) is 20.9 Å². The number of amides is 3. The van der Waals surface area contributed by atoms with Gasteiger partial charge in [-0.15, -0.1) is 11.3 Å². The highest BCUT2D eigenvalue weighted by molar-refractivity contribution is 7.09. The fraction of sp³-hybridized carbons (Fsp3) is 0.688. The van der Waals surface area contributed by atoms with E-state index in [9.17, 15) is 9.59 Å². The average Bonchev–Trinajstić information content (AvgIpc) is 2.99. The number of rotatable bonds is 5. The van der Waals surface area contributed by atoms with E-state index in [1.54, 1.807) is 18.4 Å². The van der Waals surface area contributed by atoms with Crippen molar-refractivity contribution in [2.75, 3.05) is 13.6 Å². The number of urea groups is 1. The lowest BCUT2D eigenvalue weighted by Gasteiger charge is -2.31. The van der Waals surface area contributed by atoms with Crippen LogP contribution < -0.4 is 16.0 Å². The van der Waals surface area contributed by atoms with Crippen LogP contribution in [0.1, 0.15) is 49.2 Å². The van der Waals surface area contributed by atoms with Crippen molar-refractivity contribution in [1.29, 1.82) is 0 Å². The van der Waals surface area contributed by atoms with Crippen LogP contribution in [0.2, 0.25) is 0 Å². The Labute approximate surface area is 141 Å². The number of aromatic nitrogens is 1. The summed E-state index contributed by atoms with van der Waals surface area (Å²) in [4.78, 5) is 28.5. The summed E-state index contributed by atoms with van der Waals surface area (Å²) in [7, 11) is 1.64. The molecule has 23 heavy (non-hydrogen) atoms. The third-order valence-corrected chi connectivity index (χ3v) is 5.49. The van der Waals surface area contributed by atoms with Gasteiger partial charge < -0.3 is 16.0 Å². The molecule has 0 aromatic carbocycles. The molecule has 0 bridgehead atoms. The third-order valence-electron chi connectivity index (χ3n) is 4.29. The molecule has 0 unspecified atom stereocenters. The second-order valence-corrected chi connectivity index (χ2v) is 7.08. The van der Waals surface area contributed by atoms with E-state index in [0.29, 0.717) is 6.54 Å². The highest BCUT2D eigenvalue weighted by Crippen LogP contribution is 2.24. The van der Waals surface area contributed by atoms with E-state index in [4.69, 9.17) is 0 Å². The number of carbonyl (C=O) groups excluding carboxylic acids is 2. The van der Waals surface area contributed by atoms with Crippen LogP contribution in [-0.4, -0.2) is 36.6 Å². The molecular formula is C16H26N4O2S. The van der Waals surface area contributed by atoms with Gasteiger partial charge in [-0.25, -0.2) is 9.78 Å². The van der Waals surface area contributed by atoms with Crippen LogP contribution in [-0.2, 0) is 4.79 Å². The van der Waals surface area contributed by atoms with Gasteiger partial charge in [-0.05, 0) is 19.8 Å². The Hall–Kier alpha value is -1.63. The summed E-state index contributed by atoms with van der Waals surface area (Å²) >= 11 is 1.62. The van der Waals surface area contributed by atoms with Crippen LogP contribution in [0.15, 0.2) is 5.38 Å². The second kappa shape index (κ2) is 8.29. The van der Waals surface area contributed by atoms with Crippen molar-refractivity contribution in [3.05, 3.63) is 16.1 Å². The quantitative estimate of drug-likeness (QED) is 0.769. The Morgan fingerprint density at radius 2 is 2.13 bits per heavy atom. The molecule has 3 N–H and O–H groups in total. The lowest BCUT2D eigenvalue weighted by molar-refractivity contribution is -0.126. The maximum atomic E-state index is 12.1. The number of thiazole rings is 1. The Kier molecular flexibility index (Phi) is 6.38. The molecule has 0 aliphatic heterocycles. The fourth-order valence-corrected chi connectivity index (χ4v) is 3.81. The summed E-state index contributed by atoms with van der Waals surface area (Å²) in [5.41, 5.74) is 1.01. The Morgan fingerprint density at radius 3 is 2.78 bits per heavy atom. The predicted octanol–water partition coefficient (Wildman–Crippen LogP) is 2.16. The van der Waals surface area contributed by atoms with Gasteiger partial charge >= 0.3 is 6.03 Å². The van der Waals surface area contributed by atoms with Crippen molar-refractivity contribution in [1.82, 2.24) is 20.9 Å². The Bertz CT molecular complexity index is 546. The van der Waals surface area contributed by atoms with Gasteiger partial charge in [0.05, 0.1) is 10.9 Å². The van der Waals surface area contributed by atoms with Gasteiger partial charge in [-0.1, -0.05) is 19.8 Å². The van der Waals surface area contributed by atoms with Crippen LogP contribution in [0.3, 0.4) is 0 Å². The molecule has 3 atom stereocenters. The number of hydrogen-bond donors (Lipinski definition) is 3. The first kappa shape index (κ1) is 17.7. The summed E-state index contributed by atoms with van der Waals surface area (Å²) < 4.78 is 0. The maximum absolute atomic E-state index is 12.1. The zero-order valence-corrected chi connectivity index (χ0v) is 14.8. The summed E-state index contributed by atoms with van der Waals surface area (Å²) in [6.45, 7) is 4.55.